The second kappa shape index (κ2) is 5.92. The molecule has 1 aliphatic heterocycles. The standard InChI is InChI=1S/C15H26N2OS/c1-11-9-17(4)12(2)8-13(11)16-10-15(3,18)14-6-5-7-19-14/h5-7,11-13,16,18H,8-10H2,1-4H3. The van der Waals surface area contributed by atoms with Crippen molar-refractivity contribution in [3.05, 3.63) is 22.4 Å². The Morgan fingerprint density at radius 2 is 2.26 bits per heavy atom. The van der Waals surface area contributed by atoms with Gasteiger partial charge in [-0.2, -0.15) is 0 Å². The van der Waals surface area contributed by atoms with Crippen molar-refractivity contribution < 1.29 is 5.11 Å². The predicted molar refractivity (Wildman–Crippen MR) is 81.6 cm³/mol. The number of rotatable bonds is 4. The van der Waals surface area contributed by atoms with Crippen molar-refractivity contribution >= 4 is 11.3 Å². The molecule has 1 aliphatic rings. The normalized spacial score (nSPS) is 32.2. The van der Waals surface area contributed by atoms with Gasteiger partial charge in [0.25, 0.3) is 0 Å². The third-order valence-corrected chi connectivity index (χ3v) is 5.49. The lowest BCUT2D eigenvalue weighted by atomic mass is 9.89. The third kappa shape index (κ3) is 3.57. The van der Waals surface area contributed by atoms with E-state index in [4.69, 9.17) is 0 Å². The number of piperidine rings is 1. The monoisotopic (exact) mass is 282 g/mol. The van der Waals surface area contributed by atoms with Crippen LogP contribution < -0.4 is 5.32 Å². The van der Waals surface area contributed by atoms with Gasteiger partial charge in [-0.3, -0.25) is 0 Å². The van der Waals surface area contributed by atoms with Gasteiger partial charge in [-0.05, 0) is 44.7 Å². The van der Waals surface area contributed by atoms with Gasteiger partial charge in [-0.25, -0.2) is 0 Å². The van der Waals surface area contributed by atoms with Crippen LogP contribution in [0, 0.1) is 5.92 Å². The predicted octanol–water partition coefficient (Wildman–Crippen LogP) is 2.27. The number of aliphatic hydroxyl groups is 1. The number of hydrogen-bond acceptors (Lipinski definition) is 4. The minimum absolute atomic E-state index is 0.498. The summed E-state index contributed by atoms with van der Waals surface area (Å²) in [7, 11) is 2.19. The molecular formula is C15H26N2OS. The van der Waals surface area contributed by atoms with Crippen LogP contribution in [-0.2, 0) is 5.60 Å². The zero-order valence-electron chi connectivity index (χ0n) is 12.4. The van der Waals surface area contributed by atoms with Crippen molar-refractivity contribution in [2.24, 2.45) is 5.92 Å². The second-order valence-corrected chi connectivity index (χ2v) is 7.19. The molecule has 0 aromatic carbocycles. The van der Waals surface area contributed by atoms with E-state index in [1.165, 1.54) is 0 Å². The van der Waals surface area contributed by atoms with E-state index in [2.05, 4.69) is 31.1 Å². The zero-order chi connectivity index (χ0) is 14.0. The fourth-order valence-electron chi connectivity index (χ4n) is 2.83. The summed E-state index contributed by atoms with van der Waals surface area (Å²) in [6, 6.07) is 5.11. The maximum atomic E-state index is 10.5. The molecule has 2 rings (SSSR count). The molecule has 19 heavy (non-hydrogen) atoms. The highest BCUT2D eigenvalue weighted by molar-refractivity contribution is 7.10. The molecule has 4 heteroatoms. The van der Waals surface area contributed by atoms with Gasteiger partial charge in [-0.1, -0.05) is 13.0 Å². The molecule has 0 spiro atoms. The molecule has 0 aliphatic carbocycles. The smallest absolute Gasteiger partial charge is 0.108 e. The van der Waals surface area contributed by atoms with E-state index in [9.17, 15) is 5.11 Å². The maximum Gasteiger partial charge on any atom is 0.108 e. The molecule has 0 bridgehead atoms. The van der Waals surface area contributed by atoms with Crippen molar-refractivity contribution in [3.63, 3.8) is 0 Å². The Morgan fingerprint density at radius 3 is 2.89 bits per heavy atom. The maximum absolute atomic E-state index is 10.5. The van der Waals surface area contributed by atoms with Gasteiger partial charge < -0.3 is 15.3 Å². The van der Waals surface area contributed by atoms with E-state index in [0.717, 1.165) is 17.8 Å². The van der Waals surface area contributed by atoms with Crippen molar-refractivity contribution in [2.45, 2.75) is 44.9 Å². The minimum Gasteiger partial charge on any atom is -0.383 e. The Balaban J connectivity index is 1.91. The lowest BCUT2D eigenvalue weighted by Crippen LogP contribution is -2.53. The van der Waals surface area contributed by atoms with Gasteiger partial charge >= 0.3 is 0 Å². The summed E-state index contributed by atoms with van der Waals surface area (Å²) in [6.07, 6.45) is 1.15. The fourth-order valence-corrected chi connectivity index (χ4v) is 3.61. The van der Waals surface area contributed by atoms with Crippen LogP contribution in [0.15, 0.2) is 17.5 Å². The summed E-state index contributed by atoms with van der Waals surface area (Å²) in [4.78, 5) is 3.45. The van der Waals surface area contributed by atoms with Gasteiger partial charge in [0.05, 0.1) is 0 Å². The molecule has 0 saturated carbocycles. The van der Waals surface area contributed by atoms with E-state index in [1.807, 2.05) is 24.4 Å². The van der Waals surface area contributed by atoms with E-state index in [-0.39, 0.29) is 0 Å². The van der Waals surface area contributed by atoms with E-state index >= 15 is 0 Å². The van der Waals surface area contributed by atoms with Crippen molar-refractivity contribution in [1.29, 1.82) is 0 Å². The summed E-state index contributed by atoms with van der Waals surface area (Å²) in [5.41, 5.74) is -0.763. The summed E-state index contributed by atoms with van der Waals surface area (Å²) in [5.74, 6) is 0.625. The third-order valence-electron chi connectivity index (χ3n) is 4.37. The van der Waals surface area contributed by atoms with Gasteiger partial charge in [-0.15, -0.1) is 11.3 Å². The minimum atomic E-state index is -0.763. The molecule has 1 saturated heterocycles. The average molecular weight is 282 g/mol. The van der Waals surface area contributed by atoms with E-state index < -0.39 is 5.60 Å². The van der Waals surface area contributed by atoms with Gasteiger partial charge in [0.15, 0.2) is 0 Å². The Hall–Kier alpha value is -0.420. The zero-order valence-corrected chi connectivity index (χ0v) is 13.2. The Kier molecular flexibility index (Phi) is 4.66. The Morgan fingerprint density at radius 1 is 1.53 bits per heavy atom. The number of nitrogens with one attached hydrogen (secondary N) is 1. The van der Waals surface area contributed by atoms with Gasteiger partial charge in [0, 0.05) is 30.1 Å². The fraction of sp³-hybridized carbons (Fsp3) is 0.733. The highest BCUT2D eigenvalue weighted by atomic mass is 32.1. The summed E-state index contributed by atoms with van der Waals surface area (Å²) in [6.45, 7) is 8.21. The highest BCUT2D eigenvalue weighted by Gasteiger charge is 2.31. The first-order valence-electron chi connectivity index (χ1n) is 7.10. The summed E-state index contributed by atoms with van der Waals surface area (Å²) in [5, 5.41) is 16.1. The molecule has 1 aromatic rings. The lowest BCUT2D eigenvalue weighted by molar-refractivity contribution is 0.0449. The molecule has 4 atom stereocenters. The van der Waals surface area contributed by atoms with Crippen molar-refractivity contribution in [1.82, 2.24) is 10.2 Å². The van der Waals surface area contributed by atoms with Crippen LogP contribution in [0.5, 0.6) is 0 Å². The van der Waals surface area contributed by atoms with Gasteiger partial charge in [0.1, 0.15) is 5.60 Å². The number of hydrogen-bond donors (Lipinski definition) is 2. The molecule has 2 heterocycles. The van der Waals surface area contributed by atoms with Crippen LogP contribution in [-0.4, -0.2) is 42.2 Å². The van der Waals surface area contributed by atoms with Gasteiger partial charge in [0.2, 0.25) is 0 Å². The number of likely N-dealkylation sites (tertiary alicyclic amines) is 1. The highest BCUT2D eigenvalue weighted by Crippen LogP contribution is 2.26. The van der Waals surface area contributed by atoms with Crippen LogP contribution in [0.1, 0.15) is 32.1 Å². The summed E-state index contributed by atoms with van der Waals surface area (Å²) < 4.78 is 0. The molecule has 3 nitrogen and oxygen atoms in total. The first kappa shape index (κ1) is 15.0. The van der Waals surface area contributed by atoms with Crippen molar-refractivity contribution in [2.75, 3.05) is 20.1 Å². The molecule has 1 aromatic heterocycles. The topological polar surface area (TPSA) is 35.5 Å². The van der Waals surface area contributed by atoms with E-state index in [1.54, 1.807) is 11.3 Å². The van der Waals surface area contributed by atoms with Crippen molar-refractivity contribution in [3.8, 4) is 0 Å². The van der Waals surface area contributed by atoms with Crippen LogP contribution in [0.25, 0.3) is 0 Å². The molecule has 0 radical (unpaired) electrons. The molecule has 108 valence electrons. The van der Waals surface area contributed by atoms with Crippen LogP contribution in [0.3, 0.4) is 0 Å². The molecular weight excluding hydrogens is 256 g/mol. The molecule has 1 fully saturated rings. The quantitative estimate of drug-likeness (QED) is 0.889. The largest absolute Gasteiger partial charge is 0.383 e. The first-order chi connectivity index (χ1) is 8.90. The number of thiophene rings is 1. The SMILES string of the molecule is CC1CN(C)C(C)CC1NCC(C)(O)c1cccs1. The van der Waals surface area contributed by atoms with Crippen LogP contribution >= 0.6 is 11.3 Å². The molecule has 2 N–H and O–H groups in total. The number of nitrogens with zero attached hydrogens (tertiary/aromatic N) is 1. The first-order valence-corrected chi connectivity index (χ1v) is 7.98. The lowest BCUT2D eigenvalue weighted by Gasteiger charge is -2.41. The Bertz CT molecular complexity index is 391. The Labute approximate surface area is 120 Å². The van der Waals surface area contributed by atoms with Crippen LogP contribution in [0.2, 0.25) is 0 Å². The van der Waals surface area contributed by atoms with Crippen LogP contribution in [0.4, 0.5) is 0 Å². The molecule has 4 unspecified atom stereocenters. The second-order valence-electron chi connectivity index (χ2n) is 6.24. The summed E-state index contributed by atoms with van der Waals surface area (Å²) >= 11 is 1.62. The van der Waals surface area contributed by atoms with E-state index in [0.29, 0.717) is 24.5 Å². The molecule has 0 amide bonds. The average Bonchev–Trinajstić information content (AvgIpc) is 2.86.